The summed E-state index contributed by atoms with van der Waals surface area (Å²) in [7, 11) is 0. The van der Waals surface area contributed by atoms with E-state index in [0.717, 1.165) is 5.56 Å². The van der Waals surface area contributed by atoms with Crippen LogP contribution in [0.5, 0.6) is 0 Å². The summed E-state index contributed by atoms with van der Waals surface area (Å²) in [5, 5.41) is 4.61. The number of pyridine rings is 2. The van der Waals surface area contributed by atoms with Crippen molar-refractivity contribution in [2.75, 3.05) is 0 Å². The van der Waals surface area contributed by atoms with Crippen LogP contribution in [0.1, 0.15) is 15.9 Å². The van der Waals surface area contributed by atoms with Crippen molar-refractivity contribution in [2.24, 2.45) is 5.10 Å². The molecule has 0 aliphatic heterocycles. The minimum Gasteiger partial charge on any atom is -0.267 e. The van der Waals surface area contributed by atoms with Gasteiger partial charge in [-0.15, -0.1) is 0 Å². The second-order valence-electron chi connectivity index (χ2n) is 6.17. The third kappa shape index (κ3) is 4.20. The lowest BCUT2D eigenvalue weighted by Gasteiger charge is -2.09. The molecule has 0 unspecified atom stereocenters. The molecule has 142 valence electrons. The van der Waals surface area contributed by atoms with Crippen LogP contribution < -0.4 is 5.43 Å². The number of nitrogens with one attached hydrogen (secondary N) is 1. The zero-order valence-corrected chi connectivity index (χ0v) is 16.6. The average molecular weight is 449 g/mol. The predicted molar refractivity (Wildman–Crippen MR) is 114 cm³/mol. The quantitative estimate of drug-likeness (QED) is 0.354. The van der Waals surface area contributed by atoms with Gasteiger partial charge in [-0.1, -0.05) is 34.1 Å². The van der Waals surface area contributed by atoms with E-state index in [-0.39, 0.29) is 5.56 Å². The largest absolute Gasteiger partial charge is 0.272 e. The van der Waals surface area contributed by atoms with Gasteiger partial charge >= 0.3 is 0 Å². The summed E-state index contributed by atoms with van der Waals surface area (Å²) in [4.78, 5) is 21.5. The first-order valence-corrected chi connectivity index (χ1v) is 9.50. The van der Waals surface area contributed by atoms with Crippen LogP contribution >= 0.6 is 15.9 Å². The van der Waals surface area contributed by atoms with E-state index >= 15 is 0 Å². The Balaban J connectivity index is 1.68. The Hall–Kier alpha value is -3.45. The number of fused-ring (bicyclic) bond motifs is 1. The first-order chi connectivity index (χ1) is 14.1. The molecule has 7 heteroatoms. The molecular formula is C22H14BrFN4O. The van der Waals surface area contributed by atoms with Gasteiger partial charge in [-0.2, -0.15) is 5.10 Å². The minimum atomic E-state index is -0.430. The van der Waals surface area contributed by atoms with Crippen molar-refractivity contribution < 1.29 is 9.18 Å². The van der Waals surface area contributed by atoms with Gasteiger partial charge in [-0.25, -0.2) is 14.8 Å². The highest BCUT2D eigenvalue weighted by Crippen LogP contribution is 2.24. The van der Waals surface area contributed by atoms with E-state index < -0.39 is 11.7 Å². The van der Waals surface area contributed by atoms with Crippen molar-refractivity contribution in [3.8, 4) is 11.3 Å². The van der Waals surface area contributed by atoms with E-state index in [2.05, 4.69) is 36.4 Å². The molecule has 2 aromatic carbocycles. The molecule has 2 aromatic heterocycles. The van der Waals surface area contributed by atoms with Crippen molar-refractivity contribution >= 4 is 39.0 Å². The van der Waals surface area contributed by atoms with E-state index in [4.69, 9.17) is 0 Å². The molecule has 5 nitrogen and oxygen atoms in total. The molecule has 0 radical (unpaired) electrons. The molecule has 0 spiro atoms. The SMILES string of the molecule is O=C(N/N=C/c1cc(Br)ccc1F)c1cc(-c2ccncc2)nc2ccccc12. The summed E-state index contributed by atoms with van der Waals surface area (Å²) in [6, 6.07) is 17.2. The molecule has 1 amide bonds. The number of aromatic nitrogens is 2. The molecule has 0 atom stereocenters. The van der Waals surface area contributed by atoms with E-state index in [1.807, 2.05) is 36.4 Å². The van der Waals surface area contributed by atoms with Crippen LogP contribution in [0.4, 0.5) is 4.39 Å². The number of hydrazone groups is 1. The van der Waals surface area contributed by atoms with E-state index in [9.17, 15) is 9.18 Å². The number of halogens is 2. The third-order valence-corrected chi connectivity index (χ3v) is 4.76. The van der Waals surface area contributed by atoms with Crippen molar-refractivity contribution in [3.63, 3.8) is 0 Å². The van der Waals surface area contributed by atoms with Crippen LogP contribution in [-0.2, 0) is 0 Å². The maximum absolute atomic E-state index is 13.8. The van der Waals surface area contributed by atoms with Crippen molar-refractivity contribution in [1.29, 1.82) is 0 Å². The molecule has 0 fully saturated rings. The molecule has 4 aromatic rings. The van der Waals surface area contributed by atoms with Crippen LogP contribution in [0, 0.1) is 5.82 Å². The van der Waals surface area contributed by atoms with Crippen LogP contribution in [0.15, 0.2) is 82.6 Å². The Labute approximate surface area is 174 Å². The second kappa shape index (κ2) is 8.28. The zero-order chi connectivity index (χ0) is 20.2. The molecule has 0 saturated carbocycles. The summed E-state index contributed by atoms with van der Waals surface area (Å²) < 4.78 is 14.5. The number of nitrogens with zero attached hydrogens (tertiary/aromatic N) is 3. The van der Waals surface area contributed by atoms with Crippen molar-refractivity contribution in [2.45, 2.75) is 0 Å². The molecule has 0 aliphatic carbocycles. The molecule has 0 aliphatic rings. The average Bonchev–Trinajstić information content (AvgIpc) is 2.76. The number of amides is 1. The normalized spacial score (nSPS) is 11.1. The fraction of sp³-hybridized carbons (Fsp3) is 0. The van der Waals surface area contributed by atoms with Crippen LogP contribution in [0.25, 0.3) is 22.2 Å². The highest BCUT2D eigenvalue weighted by atomic mass is 79.9. The Kier molecular flexibility index (Phi) is 5.39. The van der Waals surface area contributed by atoms with E-state index in [0.29, 0.717) is 26.6 Å². The number of hydrogen-bond donors (Lipinski definition) is 1. The number of benzene rings is 2. The highest BCUT2D eigenvalue weighted by molar-refractivity contribution is 9.10. The molecule has 4 rings (SSSR count). The summed E-state index contributed by atoms with van der Waals surface area (Å²) >= 11 is 3.28. The Bertz CT molecular complexity index is 1230. The topological polar surface area (TPSA) is 67.2 Å². The van der Waals surface area contributed by atoms with E-state index in [1.165, 1.54) is 12.3 Å². The summed E-state index contributed by atoms with van der Waals surface area (Å²) in [6.45, 7) is 0. The van der Waals surface area contributed by atoms with Gasteiger partial charge in [0.1, 0.15) is 5.82 Å². The molecule has 0 saturated heterocycles. The Morgan fingerprint density at radius 2 is 1.86 bits per heavy atom. The smallest absolute Gasteiger partial charge is 0.267 e. The van der Waals surface area contributed by atoms with Gasteiger partial charge in [-0.05, 0) is 42.5 Å². The lowest BCUT2D eigenvalue weighted by molar-refractivity contribution is 0.0956. The number of hydrogen-bond acceptors (Lipinski definition) is 4. The number of carbonyl (C=O) groups is 1. The number of para-hydroxylation sites is 1. The zero-order valence-electron chi connectivity index (χ0n) is 15.0. The summed E-state index contributed by atoms with van der Waals surface area (Å²) in [5.41, 5.74) is 5.35. The molecule has 2 heterocycles. The van der Waals surface area contributed by atoms with Gasteiger partial charge in [0.25, 0.3) is 5.91 Å². The minimum absolute atomic E-state index is 0.261. The first-order valence-electron chi connectivity index (χ1n) is 8.70. The Morgan fingerprint density at radius 1 is 1.07 bits per heavy atom. The van der Waals surface area contributed by atoms with Crippen LogP contribution in [0.3, 0.4) is 0 Å². The van der Waals surface area contributed by atoms with Gasteiger partial charge in [-0.3, -0.25) is 9.78 Å². The highest BCUT2D eigenvalue weighted by Gasteiger charge is 2.13. The van der Waals surface area contributed by atoms with Gasteiger partial charge in [0.2, 0.25) is 0 Å². The van der Waals surface area contributed by atoms with Crippen molar-refractivity contribution in [3.05, 3.63) is 94.5 Å². The fourth-order valence-corrected chi connectivity index (χ4v) is 3.25. The second-order valence-corrected chi connectivity index (χ2v) is 7.09. The number of rotatable bonds is 4. The maximum Gasteiger partial charge on any atom is 0.272 e. The van der Waals surface area contributed by atoms with Gasteiger partial charge < -0.3 is 0 Å². The fourth-order valence-electron chi connectivity index (χ4n) is 2.87. The van der Waals surface area contributed by atoms with Gasteiger partial charge in [0.05, 0.1) is 23.0 Å². The van der Waals surface area contributed by atoms with Crippen molar-refractivity contribution in [1.82, 2.24) is 15.4 Å². The van der Waals surface area contributed by atoms with E-state index in [1.54, 1.807) is 30.6 Å². The monoisotopic (exact) mass is 448 g/mol. The molecule has 1 N–H and O–H groups in total. The molecular weight excluding hydrogens is 435 g/mol. The predicted octanol–water partition coefficient (Wildman–Crippen LogP) is 4.96. The van der Waals surface area contributed by atoms with Crippen LogP contribution in [-0.4, -0.2) is 22.1 Å². The Morgan fingerprint density at radius 3 is 2.69 bits per heavy atom. The molecule has 29 heavy (non-hydrogen) atoms. The van der Waals surface area contributed by atoms with Gasteiger partial charge in [0.15, 0.2) is 0 Å². The number of carbonyl (C=O) groups excluding carboxylic acids is 1. The maximum atomic E-state index is 13.8. The molecule has 0 bridgehead atoms. The summed E-state index contributed by atoms with van der Waals surface area (Å²) in [6.07, 6.45) is 4.61. The van der Waals surface area contributed by atoms with Gasteiger partial charge in [0, 0.05) is 33.4 Å². The lowest BCUT2D eigenvalue weighted by atomic mass is 10.0. The third-order valence-electron chi connectivity index (χ3n) is 4.26. The van der Waals surface area contributed by atoms with Crippen LogP contribution in [0.2, 0.25) is 0 Å². The summed E-state index contributed by atoms with van der Waals surface area (Å²) in [5.74, 6) is -0.842. The lowest BCUT2D eigenvalue weighted by Crippen LogP contribution is -2.18. The first kappa shape index (κ1) is 18.9. The standard InChI is InChI=1S/C22H14BrFN4O/c23-16-5-6-19(24)15(11-16)13-26-28-22(29)18-12-21(14-7-9-25-10-8-14)27-20-4-2-1-3-17(18)20/h1-13H,(H,28,29)/b26-13+.